The van der Waals surface area contributed by atoms with Gasteiger partial charge in [-0.3, -0.25) is 0 Å². The molecule has 0 saturated heterocycles. The van der Waals surface area contributed by atoms with Gasteiger partial charge in [0.1, 0.15) is 0 Å². The van der Waals surface area contributed by atoms with Crippen LogP contribution in [0, 0.1) is 20.8 Å². The molecule has 0 N–H and O–H groups in total. The third-order valence-electron chi connectivity index (χ3n) is 2.57. The third-order valence-corrected chi connectivity index (χ3v) is 2.57. The first-order valence-electron chi connectivity index (χ1n) is 4.70. The Morgan fingerprint density at radius 3 is 2.07 bits per heavy atom. The van der Waals surface area contributed by atoms with E-state index in [1.165, 1.54) is 27.5 Å². The summed E-state index contributed by atoms with van der Waals surface area (Å²) in [5.41, 5.74) is 4.16. The van der Waals surface area contributed by atoms with Gasteiger partial charge in [-0.1, -0.05) is 25.5 Å². The molecular formula is C12H13Cl2Ti-. The van der Waals surface area contributed by atoms with Crippen molar-refractivity contribution in [2.24, 2.45) is 0 Å². The van der Waals surface area contributed by atoms with Crippen LogP contribution in [-0.4, -0.2) is 0 Å². The Morgan fingerprint density at radius 2 is 1.53 bits per heavy atom. The molecule has 2 aromatic rings. The molecule has 0 amide bonds. The van der Waals surface area contributed by atoms with E-state index in [2.05, 4.69) is 45.0 Å². The first-order chi connectivity index (χ1) is 7.11. The topological polar surface area (TPSA) is 0 Å². The zero-order valence-electron chi connectivity index (χ0n) is 9.07. The van der Waals surface area contributed by atoms with Crippen LogP contribution < -0.4 is 0 Å². The number of benzene rings is 1. The van der Waals surface area contributed by atoms with E-state index < -0.39 is 17.0 Å². The third kappa shape index (κ3) is 3.04. The van der Waals surface area contributed by atoms with Gasteiger partial charge >= 0.3 is 35.6 Å². The standard InChI is InChI=1S/C12H13.2ClH.Ti/c1-8-4-5-9(2)12-10(3)6-7-11(8)12;;;/h4-7H,1-3H3;2*1H;/q-1;;;+2/p-2. The SMILES string of the molecule is Cc1ccc(C)c2c(C)c[cH-]c12.[Cl][Ti][Cl]. The monoisotopic (exact) mass is 275 g/mol. The van der Waals surface area contributed by atoms with Gasteiger partial charge < -0.3 is 0 Å². The predicted molar refractivity (Wildman–Crippen MR) is 65.5 cm³/mol. The van der Waals surface area contributed by atoms with Crippen molar-refractivity contribution in [2.75, 3.05) is 0 Å². The molecule has 2 rings (SSSR count). The molecule has 0 unspecified atom stereocenters. The van der Waals surface area contributed by atoms with E-state index in [0.717, 1.165) is 0 Å². The summed E-state index contributed by atoms with van der Waals surface area (Å²) in [6, 6.07) is 8.80. The summed E-state index contributed by atoms with van der Waals surface area (Å²) in [7, 11) is 9.78. The van der Waals surface area contributed by atoms with Crippen LogP contribution in [0.5, 0.6) is 0 Å². The van der Waals surface area contributed by atoms with Gasteiger partial charge in [0.25, 0.3) is 0 Å². The Balaban J connectivity index is 0.000000337. The number of halogens is 2. The van der Waals surface area contributed by atoms with Crippen molar-refractivity contribution in [2.45, 2.75) is 20.8 Å². The van der Waals surface area contributed by atoms with Crippen molar-refractivity contribution >= 4 is 29.4 Å². The summed E-state index contributed by atoms with van der Waals surface area (Å²) in [5, 5.41) is 2.85. The van der Waals surface area contributed by atoms with E-state index in [1.54, 1.807) is 0 Å². The number of hydrogen-bond donors (Lipinski definition) is 0. The van der Waals surface area contributed by atoms with Crippen LogP contribution in [0.3, 0.4) is 0 Å². The van der Waals surface area contributed by atoms with Gasteiger partial charge in [0.05, 0.1) is 0 Å². The minimum atomic E-state index is -0.556. The number of rotatable bonds is 0. The summed E-state index contributed by atoms with van der Waals surface area (Å²) in [4.78, 5) is 0. The molecule has 0 radical (unpaired) electrons. The first-order valence-corrected chi connectivity index (χ1v) is 9.00. The molecule has 0 atom stereocenters. The fraction of sp³-hybridized carbons (Fsp3) is 0.250. The van der Waals surface area contributed by atoms with Crippen LogP contribution in [0.2, 0.25) is 0 Å². The summed E-state index contributed by atoms with van der Waals surface area (Å²) in [6.07, 6.45) is 0. The molecule has 2 aromatic carbocycles. The molecule has 0 heterocycles. The van der Waals surface area contributed by atoms with Crippen LogP contribution in [0.4, 0.5) is 0 Å². The van der Waals surface area contributed by atoms with Crippen LogP contribution in [-0.2, 0) is 17.0 Å². The molecule has 0 bridgehead atoms. The average molecular weight is 276 g/mol. The number of aryl methyl sites for hydroxylation is 3. The van der Waals surface area contributed by atoms with E-state index >= 15 is 0 Å². The normalized spacial score (nSPS) is 9.67. The summed E-state index contributed by atoms with van der Waals surface area (Å²) < 4.78 is 0. The molecule has 3 heteroatoms. The fourth-order valence-electron chi connectivity index (χ4n) is 1.86. The second-order valence-corrected chi connectivity index (χ2v) is 6.15. The fourth-order valence-corrected chi connectivity index (χ4v) is 1.86. The van der Waals surface area contributed by atoms with Crippen LogP contribution in [0.15, 0.2) is 24.3 Å². The first kappa shape index (κ1) is 13.2. The Morgan fingerprint density at radius 1 is 1.00 bits per heavy atom. The van der Waals surface area contributed by atoms with Gasteiger partial charge in [-0.05, 0) is 6.92 Å². The van der Waals surface area contributed by atoms with Gasteiger partial charge in [-0.25, -0.2) is 0 Å². The second kappa shape index (κ2) is 6.01. The molecular weight excluding hydrogens is 263 g/mol. The Bertz CT molecular complexity index is 446. The van der Waals surface area contributed by atoms with Gasteiger partial charge in [0, 0.05) is 0 Å². The van der Waals surface area contributed by atoms with Crippen LogP contribution in [0.1, 0.15) is 16.7 Å². The molecule has 0 aliphatic carbocycles. The Kier molecular flexibility index (Phi) is 5.28. The molecule has 80 valence electrons. The quantitative estimate of drug-likeness (QED) is 0.476. The maximum absolute atomic E-state index is 4.89. The van der Waals surface area contributed by atoms with E-state index in [-0.39, 0.29) is 0 Å². The van der Waals surface area contributed by atoms with Gasteiger partial charge in [-0.15, -0.1) is 28.5 Å². The van der Waals surface area contributed by atoms with Gasteiger partial charge in [0.15, 0.2) is 0 Å². The zero-order chi connectivity index (χ0) is 11.4. The molecule has 0 spiro atoms. The average Bonchev–Trinajstić information content (AvgIpc) is 2.57. The second-order valence-electron chi connectivity index (χ2n) is 3.58. The van der Waals surface area contributed by atoms with Gasteiger partial charge in [-0.2, -0.15) is 11.6 Å². The van der Waals surface area contributed by atoms with Crippen molar-refractivity contribution in [3.05, 3.63) is 41.0 Å². The summed E-state index contributed by atoms with van der Waals surface area (Å²) >= 11 is -0.556. The molecule has 0 aliphatic rings. The molecule has 0 fully saturated rings. The molecule has 0 aliphatic heterocycles. The molecule has 0 aromatic heterocycles. The summed E-state index contributed by atoms with van der Waals surface area (Å²) in [5.74, 6) is 0. The number of fused-ring (bicyclic) bond motifs is 1. The molecule has 0 saturated carbocycles. The van der Waals surface area contributed by atoms with E-state index in [0.29, 0.717) is 0 Å². The minimum absolute atomic E-state index is 0.556. The van der Waals surface area contributed by atoms with Crippen LogP contribution in [0.25, 0.3) is 10.8 Å². The Hall–Kier alpha value is 0.124. The van der Waals surface area contributed by atoms with Crippen molar-refractivity contribution < 1.29 is 17.0 Å². The van der Waals surface area contributed by atoms with E-state index in [4.69, 9.17) is 18.6 Å². The Labute approximate surface area is 108 Å². The van der Waals surface area contributed by atoms with Crippen molar-refractivity contribution in [1.82, 2.24) is 0 Å². The molecule has 0 nitrogen and oxygen atoms in total. The zero-order valence-corrected chi connectivity index (χ0v) is 12.1. The predicted octanol–water partition coefficient (Wildman–Crippen LogP) is 4.86. The summed E-state index contributed by atoms with van der Waals surface area (Å²) in [6.45, 7) is 6.52. The van der Waals surface area contributed by atoms with Crippen LogP contribution >= 0.6 is 18.6 Å². The van der Waals surface area contributed by atoms with Crippen molar-refractivity contribution in [3.8, 4) is 0 Å². The van der Waals surface area contributed by atoms with E-state index in [1.807, 2.05) is 0 Å². The van der Waals surface area contributed by atoms with E-state index in [9.17, 15) is 0 Å². The molecule has 15 heavy (non-hydrogen) atoms. The van der Waals surface area contributed by atoms with Gasteiger partial charge in [0.2, 0.25) is 0 Å². The van der Waals surface area contributed by atoms with Crippen molar-refractivity contribution in [1.29, 1.82) is 0 Å². The number of hydrogen-bond acceptors (Lipinski definition) is 0. The van der Waals surface area contributed by atoms with Crippen molar-refractivity contribution in [3.63, 3.8) is 0 Å². The maximum atomic E-state index is 4.89.